The third-order valence-electron chi connectivity index (χ3n) is 3.98. The third-order valence-corrected chi connectivity index (χ3v) is 3.98. The van der Waals surface area contributed by atoms with Gasteiger partial charge in [0.1, 0.15) is 17.9 Å². The highest BCUT2D eigenvalue weighted by Gasteiger charge is 2.47. The zero-order valence-electron chi connectivity index (χ0n) is 11.2. The Morgan fingerprint density at radius 1 is 1.20 bits per heavy atom. The molecule has 4 heteroatoms. The molecule has 0 saturated heterocycles. The number of amides is 1. The molecule has 0 radical (unpaired) electrons. The molecule has 1 fully saturated rings. The lowest BCUT2D eigenvalue weighted by Gasteiger charge is -2.26. The number of hydrogen-bond acceptors (Lipinski definition) is 3. The number of carbonyl (C=O) groups excluding carboxylic acids is 1. The number of rotatable bonds is 5. The zero-order valence-corrected chi connectivity index (χ0v) is 11.2. The number of fused-ring (bicyclic) bond motifs is 1. The summed E-state index contributed by atoms with van der Waals surface area (Å²) in [6.45, 7) is 0.126. The average Bonchev–Trinajstić information content (AvgIpc) is 3.29. The van der Waals surface area contributed by atoms with Crippen LogP contribution in [-0.4, -0.2) is 18.1 Å². The van der Waals surface area contributed by atoms with Crippen molar-refractivity contribution in [1.29, 1.82) is 0 Å². The largest absolute Gasteiger partial charge is 0.490 e. The van der Waals surface area contributed by atoms with Crippen molar-refractivity contribution in [3.8, 4) is 5.75 Å². The zero-order chi connectivity index (χ0) is 14.2. The van der Waals surface area contributed by atoms with Gasteiger partial charge in [-0.15, -0.1) is 0 Å². The molecule has 4 N–H and O–H groups in total. The Labute approximate surface area is 117 Å². The minimum atomic E-state index is -1.06. The number of hydrogen-bond donors (Lipinski definition) is 2. The highest BCUT2D eigenvalue weighted by atomic mass is 16.5. The summed E-state index contributed by atoms with van der Waals surface area (Å²) < 4.78 is 5.82. The van der Waals surface area contributed by atoms with Crippen LogP contribution in [0.4, 0.5) is 0 Å². The van der Waals surface area contributed by atoms with E-state index in [1.807, 2.05) is 42.5 Å². The normalized spacial score (nSPS) is 17.6. The van der Waals surface area contributed by atoms with Gasteiger partial charge in [-0.1, -0.05) is 36.4 Å². The summed E-state index contributed by atoms with van der Waals surface area (Å²) in [7, 11) is 0. The quantitative estimate of drug-likeness (QED) is 0.869. The summed E-state index contributed by atoms with van der Waals surface area (Å²) in [5.41, 5.74) is 10.5. The van der Waals surface area contributed by atoms with E-state index >= 15 is 0 Å². The van der Waals surface area contributed by atoms with E-state index < -0.39 is 11.4 Å². The summed E-state index contributed by atoms with van der Waals surface area (Å²) in [4.78, 5) is 11.6. The molecule has 1 amide bonds. The molecule has 1 unspecified atom stereocenters. The molecule has 0 spiro atoms. The van der Waals surface area contributed by atoms with Gasteiger partial charge in [-0.25, -0.2) is 0 Å². The molecule has 1 aliphatic carbocycles. The van der Waals surface area contributed by atoms with E-state index in [1.54, 1.807) is 0 Å². The second-order valence-corrected chi connectivity index (χ2v) is 5.44. The second kappa shape index (κ2) is 4.80. The van der Waals surface area contributed by atoms with Gasteiger partial charge in [-0.05, 0) is 30.2 Å². The Bertz CT molecular complexity index is 646. The van der Waals surface area contributed by atoms with Crippen molar-refractivity contribution < 1.29 is 9.53 Å². The van der Waals surface area contributed by atoms with Crippen LogP contribution >= 0.6 is 0 Å². The van der Waals surface area contributed by atoms with Crippen molar-refractivity contribution in [1.82, 2.24) is 0 Å². The predicted octanol–water partition coefficient (Wildman–Crippen LogP) is 1.81. The summed E-state index contributed by atoms with van der Waals surface area (Å²) in [5, 5.41) is 2.11. The monoisotopic (exact) mass is 270 g/mol. The summed E-state index contributed by atoms with van der Waals surface area (Å²) in [6, 6.07) is 13.8. The number of primary amides is 1. The lowest BCUT2D eigenvalue weighted by molar-refractivity contribution is -0.125. The van der Waals surface area contributed by atoms with Gasteiger partial charge in [-0.2, -0.15) is 0 Å². The first kappa shape index (κ1) is 12.9. The Hall–Kier alpha value is -2.07. The summed E-state index contributed by atoms with van der Waals surface area (Å²) >= 11 is 0. The first-order chi connectivity index (χ1) is 9.61. The fourth-order valence-corrected chi connectivity index (χ4v) is 2.51. The molecule has 0 aromatic heterocycles. The molecule has 0 bridgehead atoms. The molecule has 3 rings (SSSR count). The predicted molar refractivity (Wildman–Crippen MR) is 78.3 cm³/mol. The Kier molecular flexibility index (Phi) is 3.10. The van der Waals surface area contributed by atoms with E-state index in [0.717, 1.165) is 29.4 Å². The molecule has 104 valence electrons. The van der Waals surface area contributed by atoms with Gasteiger partial charge in [0.15, 0.2) is 0 Å². The van der Waals surface area contributed by atoms with E-state index in [0.29, 0.717) is 0 Å². The first-order valence-corrected chi connectivity index (χ1v) is 6.80. The Balaban J connectivity index is 1.85. The molecule has 2 aromatic rings. The van der Waals surface area contributed by atoms with Crippen LogP contribution in [0.5, 0.6) is 5.75 Å². The third kappa shape index (κ3) is 2.23. The van der Waals surface area contributed by atoms with Crippen molar-refractivity contribution >= 4 is 16.7 Å². The maximum Gasteiger partial charge on any atom is 0.241 e. The van der Waals surface area contributed by atoms with Crippen molar-refractivity contribution in [3.05, 3.63) is 42.5 Å². The molecule has 20 heavy (non-hydrogen) atoms. The van der Waals surface area contributed by atoms with Gasteiger partial charge in [-0.3, -0.25) is 4.79 Å². The Morgan fingerprint density at radius 2 is 1.90 bits per heavy atom. The van der Waals surface area contributed by atoms with Crippen molar-refractivity contribution in [2.24, 2.45) is 17.4 Å². The number of benzene rings is 2. The van der Waals surface area contributed by atoms with Crippen molar-refractivity contribution in [2.45, 2.75) is 18.4 Å². The summed E-state index contributed by atoms with van der Waals surface area (Å²) in [5.74, 6) is 0.398. The van der Waals surface area contributed by atoms with Gasteiger partial charge in [0.05, 0.1) is 0 Å². The minimum absolute atomic E-state index is 0.126. The fraction of sp³-hybridized carbons (Fsp3) is 0.312. The number of ether oxygens (including phenoxy) is 1. The minimum Gasteiger partial charge on any atom is -0.490 e. The van der Waals surface area contributed by atoms with E-state index in [1.165, 1.54) is 0 Å². The van der Waals surface area contributed by atoms with Crippen molar-refractivity contribution in [3.63, 3.8) is 0 Å². The van der Waals surface area contributed by atoms with Gasteiger partial charge in [0.2, 0.25) is 5.91 Å². The van der Waals surface area contributed by atoms with Gasteiger partial charge >= 0.3 is 0 Å². The fourth-order valence-electron chi connectivity index (χ4n) is 2.51. The van der Waals surface area contributed by atoms with Crippen LogP contribution in [0.3, 0.4) is 0 Å². The molecule has 1 aliphatic rings. The molecule has 4 nitrogen and oxygen atoms in total. The molecule has 0 aliphatic heterocycles. The lowest BCUT2D eigenvalue weighted by Crippen LogP contribution is -2.58. The maximum atomic E-state index is 11.6. The van der Waals surface area contributed by atoms with Crippen LogP contribution in [0.15, 0.2) is 42.5 Å². The SMILES string of the molecule is NC(=O)C(N)(COc1cccc2ccccc12)C1CC1. The van der Waals surface area contributed by atoms with E-state index in [4.69, 9.17) is 16.2 Å². The highest BCUT2D eigenvalue weighted by molar-refractivity contribution is 5.88. The maximum absolute atomic E-state index is 11.6. The van der Waals surface area contributed by atoms with Crippen LogP contribution in [0, 0.1) is 5.92 Å². The molecular formula is C16H18N2O2. The second-order valence-electron chi connectivity index (χ2n) is 5.44. The average molecular weight is 270 g/mol. The smallest absolute Gasteiger partial charge is 0.241 e. The number of carbonyl (C=O) groups is 1. The van der Waals surface area contributed by atoms with E-state index in [-0.39, 0.29) is 12.5 Å². The van der Waals surface area contributed by atoms with Crippen LogP contribution in [0.2, 0.25) is 0 Å². The molecule has 2 aromatic carbocycles. The first-order valence-electron chi connectivity index (χ1n) is 6.80. The van der Waals surface area contributed by atoms with Gasteiger partial charge in [0, 0.05) is 5.39 Å². The standard InChI is InChI=1S/C16H18N2O2/c17-15(19)16(18,12-8-9-12)10-20-14-7-3-5-11-4-1-2-6-13(11)14/h1-7,12H,8-10,18H2,(H2,17,19). The summed E-state index contributed by atoms with van der Waals surface area (Å²) in [6.07, 6.45) is 1.89. The van der Waals surface area contributed by atoms with Crippen LogP contribution in [0.25, 0.3) is 10.8 Å². The van der Waals surface area contributed by atoms with Crippen molar-refractivity contribution in [2.75, 3.05) is 6.61 Å². The molecule has 1 saturated carbocycles. The molecular weight excluding hydrogens is 252 g/mol. The highest BCUT2D eigenvalue weighted by Crippen LogP contribution is 2.38. The van der Waals surface area contributed by atoms with Gasteiger partial charge < -0.3 is 16.2 Å². The number of nitrogens with two attached hydrogens (primary N) is 2. The van der Waals surface area contributed by atoms with Crippen LogP contribution in [0.1, 0.15) is 12.8 Å². The molecule has 1 atom stereocenters. The van der Waals surface area contributed by atoms with E-state index in [9.17, 15) is 4.79 Å². The van der Waals surface area contributed by atoms with E-state index in [2.05, 4.69) is 0 Å². The van der Waals surface area contributed by atoms with Crippen LogP contribution in [-0.2, 0) is 4.79 Å². The van der Waals surface area contributed by atoms with Crippen LogP contribution < -0.4 is 16.2 Å². The topological polar surface area (TPSA) is 78.3 Å². The van der Waals surface area contributed by atoms with Gasteiger partial charge in [0.25, 0.3) is 0 Å². The molecule has 0 heterocycles. The lowest BCUT2D eigenvalue weighted by atomic mass is 9.95. The Morgan fingerprint density at radius 3 is 2.60 bits per heavy atom.